The normalized spacial score (nSPS) is 11.7. The Morgan fingerprint density at radius 1 is 0.686 bits per heavy atom. The predicted molar refractivity (Wildman–Crippen MR) is 166 cm³/mol. The summed E-state index contributed by atoms with van der Waals surface area (Å²) >= 11 is 0. The summed E-state index contributed by atoms with van der Waals surface area (Å²) in [6.07, 6.45) is 18.3. The molecule has 3 nitrogen and oxygen atoms in total. The van der Waals surface area contributed by atoms with Gasteiger partial charge in [-0.15, -0.1) is 34.0 Å². The molecule has 0 radical (unpaired) electrons. The van der Waals surface area contributed by atoms with Crippen LogP contribution in [0.5, 0.6) is 0 Å². The third-order valence-electron chi connectivity index (χ3n) is 6.91. The molecule has 1 aromatic heterocycles. The molecule has 0 atom stereocenters. The van der Waals surface area contributed by atoms with Crippen LogP contribution in [0, 0.1) is 0 Å². The highest BCUT2D eigenvalue weighted by Gasteiger charge is 2.20. The molecule has 194 valence electrons. The average Bonchev–Trinajstić information content (AvgIpc) is 2.87. The Bertz CT molecular complexity index is 871. The van der Waals surface area contributed by atoms with Gasteiger partial charge in [-0.3, -0.25) is 0 Å². The molecule has 1 aromatic carbocycles. The minimum atomic E-state index is 0. The second kappa shape index (κ2) is 18.6. The SMILES string of the molecule is Br.Br.CCN(CC)c1ccc(\C=C/C=C/C=C\c2cc[n+](CCC[N+](CC)(CC)CC)cc2)cc1. The molecule has 0 aliphatic heterocycles. The fraction of sp³-hybridized carbons (Fsp3) is 0.433. The van der Waals surface area contributed by atoms with Gasteiger partial charge in [0.2, 0.25) is 0 Å². The molecule has 0 amide bonds. The van der Waals surface area contributed by atoms with Gasteiger partial charge in [0, 0.05) is 30.9 Å². The number of rotatable bonds is 14. The maximum Gasteiger partial charge on any atom is 0.169 e. The minimum absolute atomic E-state index is 0. The Morgan fingerprint density at radius 3 is 1.63 bits per heavy atom. The molecule has 5 heteroatoms. The van der Waals surface area contributed by atoms with Gasteiger partial charge in [-0.05, 0) is 57.9 Å². The molecular weight excluding hydrogens is 562 g/mol. The number of anilines is 1. The van der Waals surface area contributed by atoms with Crippen LogP contribution in [0.3, 0.4) is 0 Å². The largest absolute Gasteiger partial charge is 0.372 e. The molecule has 0 unspecified atom stereocenters. The third kappa shape index (κ3) is 11.3. The molecule has 0 bridgehead atoms. The van der Waals surface area contributed by atoms with E-state index in [1.54, 1.807) is 0 Å². The highest BCUT2D eigenvalue weighted by Crippen LogP contribution is 2.15. The van der Waals surface area contributed by atoms with Gasteiger partial charge in [-0.25, -0.2) is 4.57 Å². The number of halogens is 2. The van der Waals surface area contributed by atoms with Crippen molar-refractivity contribution in [2.75, 3.05) is 44.2 Å². The molecule has 35 heavy (non-hydrogen) atoms. The number of hydrogen-bond acceptors (Lipinski definition) is 1. The molecule has 2 rings (SSSR count). The molecule has 0 fully saturated rings. The maximum absolute atomic E-state index is 2.36. The first-order valence-corrected chi connectivity index (χ1v) is 12.8. The van der Waals surface area contributed by atoms with E-state index < -0.39 is 0 Å². The molecular formula is C30H47Br2N3+2. The highest BCUT2D eigenvalue weighted by atomic mass is 79.9. The smallest absolute Gasteiger partial charge is 0.169 e. The van der Waals surface area contributed by atoms with Crippen molar-refractivity contribution in [3.63, 3.8) is 0 Å². The van der Waals surface area contributed by atoms with Crippen LogP contribution in [0.2, 0.25) is 0 Å². The highest BCUT2D eigenvalue weighted by molar-refractivity contribution is 8.93. The monoisotopic (exact) mass is 607 g/mol. The van der Waals surface area contributed by atoms with E-state index in [-0.39, 0.29) is 34.0 Å². The topological polar surface area (TPSA) is 7.12 Å². The zero-order valence-electron chi connectivity index (χ0n) is 22.4. The molecule has 2 aromatic rings. The lowest BCUT2D eigenvalue weighted by atomic mass is 10.1. The molecule has 0 saturated heterocycles. The third-order valence-corrected chi connectivity index (χ3v) is 6.91. The van der Waals surface area contributed by atoms with Crippen LogP contribution in [0.25, 0.3) is 12.2 Å². The fourth-order valence-electron chi connectivity index (χ4n) is 4.31. The minimum Gasteiger partial charge on any atom is -0.372 e. The summed E-state index contributed by atoms with van der Waals surface area (Å²) in [7, 11) is 0. The van der Waals surface area contributed by atoms with Crippen molar-refractivity contribution in [3.05, 3.63) is 84.2 Å². The summed E-state index contributed by atoms with van der Waals surface area (Å²) in [5, 5.41) is 0. The molecule has 0 aliphatic rings. The van der Waals surface area contributed by atoms with Gasteiger partial charge in [0.15, 0.2) is 18.9 Å². The summed E-state index contributed by atoms with van der Waals surface area (Å²) in [4.78, 5) is 2.36. The lowest BCUT2D eigenvalue weighted by Gasteiger charge is -2.35. The second-order valence-electron chi connectivity index (χ2n) is 8.60. The zero-order valence-corrected chi connectivity index (χ0v) is 25.8. The number of aromatic nitrogens is 1. The van der Waals surface area contributed by atoms with E-state index in [2.05, 4.69) is 129 Å². The van der Waals surface area contributed by atoms with E-state index in [0.717, 1.165) is 19.6 Å². The molecule has 1 heterocycles. The zero-order chi connectivity index (χ0) is 23.9. The van der Waals surface area contributed by atoms with Crippen LogP contribution in [-0.4, -0.2) is 43.8 Å². The van der Waals surface area contributed by atoms with Gasteiger partial charge < -0.3 is 9.38 Å². The van der Waals surface area contributed by atoms with E-state index >= 15 is 0 Å². The standard InChI is InChI=1S/C30H45N3.2BrH/c1-6-32(7-2)30-20-18-28(19-21-30)16-13-11-12-14-17-29-22-25-31(26-23-29)24-15-27-33(8-3,9-4)10-5;;/h11-14,16-23,25-26H,6-10,15,24,27H2,1-5H3;2*1H/q+2;;. The first-order chi connectivity index (χ1) is 16.1. The Kier molecular flexibility index (Phi) is 17.7. The number of quaternary nitrogens is 1. The van der Waals surface area contributed by atoms with E-state index in [9.17, 15) is 0 Å². The molecule has 0 saturated carbocycles. The van der Waals surface area contributed by atoms with Crippen LogP contribution in [0.15, 0.2) is 73.1 Å². The maximum atomic E-state index is 2.36. The fourth-order valence-corrected chi connectivity index (χ4v) is 4.31. The number of pyridine rings is 1. The summed E-state index contributed by atoms with van der Waals surface area (Å²) in [5.74, 6) is 0. The van der Waals surface area contributed by atoms with Crippen LogP contribution >= 0.6 is 34.0 Å². The van der Waals surface area contributed by atoms with Crippen molar-refractivity contribution < 1.29 is 9.05 Å². The lowest BCUT2D eigenvalue weighted by molar-refractivity contribution is -0.925. The van der Waals surface area contributed by atoms with Gasteiger partial charge >= 0.3 is 0 Å². The van der Waals surface area contributed by atoms with Gasteiger partial charge in [0.05, 0.1) is 32.6 Å². The predicted octanol–water partition coefficient (Wildman–Crippen LogP) is 7.53. The Hall–Kier alpha value is -1.69. The molecule has 0 aliphatic carbocycles. The number of allylic oxidation sites excluding steroid dienone is 4. The summed E-state index contributed by atoms with van der Waals surface area (Å²) in [5.41, 5.74) is 3.74. The number of aryl methyl sites for hydroxylation is 1. The van der Waals surface area contributed by atoms with Crippen molar-refractivity contribution in [2.45, 2.75) is 47.6 Å². The second-order valence-corrected chi connectivity index (χ2v) is 8.60. The lowest BCUT2D eigenvalue weighted by Crippen LogP contribution is -2.49. The van der Waals surface area contributed by atoms with Crippen molar-refractivity contribution in [3.8, 4) is 0 Å². The van der Waals surface area contributed by atoms with Crippen molar-refractivity contribution in [1.82, 2.24) is 0 Å². The van der Waals surface area contributed by atoms with Crippen molar-refractivity contribution in [1.29, 1.82) is 0 Å². The van der Waals surface area contributed by atoms with Gasteiger partial charge in [0.25, 0.3) is 0 Å². The van der Waals surface area contributed by atoms with E-state index in [0.29, 0.717) is 0 Å². The van der Waals surface area contributed by atoms with E-state index in [1.807, 2.05) is 0 Å². The van der Waals surface area contributed by atoms with Gasteiger partial charge in [0.1, 0.15) is 0 Å². The Morgan fingerprint density at radius 2 is 1.17 bits per heavy atom. The molecule has 0 N–H and O–H groups in total. The quantitative estimate of drug-likeness (QED) is 0.122. The van der Waals surface area contributed by atoms with Crippen LogP contribution < -0.4 is 9.47 Å². The summed E-state index contributed by atoms with van der Waals surface area (Å²) in [6, 6.07) is 13.1. The Labute approximate surface area is 236 Å². The van der Waals surface area contributed by atoms with Crippen LogP contribution in [0.4, 0.5) is 5.69 Å². The first kappa shape index (κ1) is 33.3. The first-order valence-electron chi connectivity index (χ1n) is 12.8. The van der Waals surface area contributed by atoms with Crippen molar-refractivity contribution in [2.24, 2.45) is 0 Å². The number of benzene rings is 1. The molecule has 0 spiro atoms. The van der Waals surface area contributed by atoms with Gasteiger partial charge in [-0.1, -0.05) is 48.6 Å². The van der Waals surface area contributed by atoms with E-state index in [1.165, 1.54) is 53.9 Å². The van der Waals surface area contributed by atoms with Crippen molar-refractivity contribution >= 4 is 51.8 Å². The Balaban J connectivity index is 0.00000578. The average molecular weight is 610 g/mol. The number of hydrogen-bond donors (Lipinski definition) is 0. The van der Waals surface area contributed by atoms with Crippen LogP contribution in [0.1, 0.15) is 52.2 Å². The van der Waals surface area contributed by atoms with Gasteiger partial charge in [-0.2, -0.15) is 0 Å². The van der Waals surface area contributed by atoms with Crippen LogP contribution in [-0.2, 0) is 6.54 Å². The summed E-state index contributed by atoms with van der Waals surface area (Å²) < 4.78 is 3.53. The number of nitrogens with zero attached hydrogens (tertiary/aromatic N) is 3. The summed E-state index contributed by atoms with van der Waals surface area (Å²) in [6.45, 7) is 19.5. The van der Waals surface area contributed by atoms with E-state index in [4.69, 9.17) is 0 Å².